The first-order chi connectivity index (χ1) is 18.0. The van der Waals surface area contributed by atoms with Gasteiger partial charge in [0.05, 0.1) is 19.3 Å². The second-order valence-electron chi connectivity index (χ2n) is 9.77. The number of carbonyl (C=O) groups excluding carboxylic acids is 2. The molecular formula is C30H38N4O3. The van der Waals surface area contributed by atoms with Crippen LogP contribution in [-0.4, -0.2) is 62.1 Å². The molecule has 1 fully saturated rings. The minimum Gasteiger partial charge on any atom is -0.374 e. The molecule has 1 aliphatic rings. The van der Waals surface area contributed by atoms with Crippen molar-refractivity contribution in [2.75, 3.05) is 33.3 Å². The zero-order valence-corrected chi connectivity index (χ0v) is 21.6. The third-order valence-corrected chi connectivity index (χ3v) is 7.10. The van der Waals surface area contributed by atoms with Crippen LogP contribution in [-0.2, 0) is 20.9 Å². The number of benzene rings is 3. The summed E-state index contributed by atoms with van der Waals surface area (Å²) < 4.78 is 5.98. The highest BCUT2D eigenvalue weighted by Gasteiger charge is 2.31. The third-order valence-electron chi connectivity index (χ3n) is 7.10. The van der Waals surface area contributed by atoms with Crippen molar-refractivity contribution in [3.05, 3.63) is 83.9 Å². The molecule has 1 aliphatic heterocycles. The number of hydrogen-bond donors (Lipinski definition) is 3. The lowest BCUT2D eigenvalue weighted by molar-refractivity contribution is -0.139. The van der Waals surface area contributed by atoms with Gasteiger partial charge in [0.2, 0.25) is 11.8 Å². The van der Waals surface area contributed by atoms with Gasteiger partial charge in [-0.25, -0.2) is 0 Å². The van der Waals surface area contributed by atoms with Gasteiger partial charge < -0.3 is 26.0 Å². The Balaban J connectivity index is 1.38. The Morgan fingerprint density at radius 3 is 2.43 bits per heavy atom. The molecule has 0 bridgehead atoms. The highest BCUT2D eigenvalue weighted by atomic mass is 16.5. The van der Waals surface area contributed by atoms with E-state index in [2.05, 4.69) is 59.2 Å². The molecule has 7 heteroatoms. The van der Waals surface area contributed by atoms with Gasteiger partial charge in [-0.2, -0.15) is 0 Å². The fourth-order valence-electron chi connectivity index (χ4n) is 4.89. The van der Waals surface area contributed by atoms with Crippen LogP contribution in [0.2, 0.25) is 0 Å². The van der Waals surface area contributed by atoms with E-state index in [-0.39, 0.29) is 18.4 Å². The predicted molar refractivity (Wildman–Crippen MR) is 147 cm³/mol. The van der Waals surface area contributed by atoms with Crippen molar-refractivity contribution in [1.29, 1.82) is 0 Å². The second kappa shape index (κ2) is 13.3. The van der Waals surface area contributed by atoms with Gasteiger partial charge in [-0.15, -0.1) is 0 Å². The van der Waals surface area contributed by atoms with E-state index in [1.165, 1.54) is 10.9 Å². The van der Waals surface area contributed by atoms with Crippen LogP contribution >= 0.6 is 0 Å². The van der Waals surface area contributed by atoms with Crippen LogP contribution in [0.1, 0.15) is 36.3 Å². The average Bonchev–Trinajstić information content (AvgIpc) is 2.95. The molecular weight excluding hydrogens is 464 g/mol. The summed E-state index contributed by atoms with van der Waals surface area (Å²) in [5.41, 5.74) is 8.40. The van der Waals surface area contributed by atoms with Gasteiger partial charge in [0.15, 0.2) is 0 Å². The zero-order chi connectivity index (χ0) is 26.0. The summed E-state index contributed by atoms with van der Waals surface area (Å²) in [5.74, 6) is -0.00122. The number of carbonyl (C=O) groups is 2. The molecule has 4 N–H and O–H groups in total. The number of ether oxygens (including phenoxy) is 1. The van der Waals surface area contributed by atoms with Gasteiger partial charge in [0.25, 0.3) is 0 Å². The minimum absolute atomic E-state index is 0.0920. The molecule has 7 nitrogen and oxygen atoms in total. The second-order valence-corrected chi connectivity index (χ2v) is 9.77. The smallest absolute Gasteiger partial charge is 0.247 e. The van der Waals surface area contributed by atoms with Crippen molar-refractivity contribution < 1.29 is 14.3 Å². The van der Waals surface area contributed by atoms with E-state index >= 15 is 0 Å². The van der Waals surface area contributed by atoms with Crippen molar-refractivity contribution in [2.24, 2.45) is 5.73 Å². The number of nitrogens with one attached hydrogen (secondary N) is 2. The first kappa shape index (κ1) is 26.8. The molecule has 4 rings (SSSR count). The van der Waals surface area contributed by atoms with Gasteiger partial charge in [0.1, 0.15) is 6.04 Å². The molecule has 0 radical (unpaired) electrons. The Labute approximate surface area is 219 Å². The molecule has 2 amide bonds. The molecule has 1 saturated heterocycles. The topological polar surface area (TPSA) is 96.7 Å². The third kappa shape index (κ3) is 7.38. The summed E-state index contributed by atoms with van der Waals surface area (Å²) in [6.07, 6.45) is 2.29. The Hall–Kier alpha value is -3.26. The number of hydrogen-bond acceptors (Lipinski definition) is 5. The van der Waals surface area contributed by atoms with E-state index in [1.54, 1.807) is 0 Å². The maximum Gasteiger partial charge on any atom is 0.247 e. The Morgan fingerprint density at radius 2 is 1.70 bits per heavy atom. The summed E-state index contributed by atoms with van der Waals surface area (Å²) >= 11 is 0. The maximum atomic E-state index is 13.5. The van der Waals surface area contributed by atoms with E-state index in [0.29, 0.717) is 38.6 Å². The molecule has 196 valence electrons. The molecule has 0 saturated carbocycles. The molecule has 0 spiro atoms. The highest BCUT2D eigenvalue weighted by molar-refractivity contribution is 5.90. The summed E-state index contributed by atoms with van der Waals surface area (Å²) in [6, 6.07) is 23.3. The number of nitrogens with two attached hydrogens (primary N) is 1. The van der Waals surface area contributed by atoms with Crippen LogP contribution in [0.15, 0.2) is 72.8 Å². The van der Waals surface area contributed by atoms with Gasteiger partial charge in [-0.3, -0.25) is 9.59 Å². The van der Waals surface area contributed by atoms with Gasteiger partial charge in [-0.05, 0) is 66.7 Å². The molecule has 2 atom stereocenters. The maximum absolute atomic E-state index is 13.5. The van der Waals surface area contributed by atoms with Crippen molar-refractivity contribution in [2.45, 2.75) is 43.9 Å². The summed E-state index contributed by atoms with van der Waals surface area (Å²) in [4.78, 5) is 28.1. The Bertz CT molecular complexity index is 1160. The average molecular weight is 503 g/mol. The van der Waals surface area contributed by atoms with E-state index < -0.39 is 12.1 Å². The lowest BCUT2D eigenvalue weighted by Crippen LogP contribution is -2.55. The highest BCUT2D eigenvalue weighted by Crippen LogP contribution is 2.28. The summed E-state index contributed by atoms with van der Waals surface area (Å²) in [5, 5.41) is 8.19. The van der Waals surface area contributed by atoms with E-state index in [1.807, 2.05) is 36.2 Å². The lowest BCUT2D eigenvalue weighted by atomic mass is 9.89. The van der Waals surface area contributed by atoms with Crippen LogP contribution in [0, 0.1) is 0 Å². The van der Waals surface area contributed by atoms with Crippen LogP contribution in [0.3, 0.4) is 0 Å². The molecule has 1 heterocycles. The van der Waals surface area contributed by atoms with Crippen LogP contribution in [0.5, 0.6) is 0 Å². The predicted octanol–water partition coefficient (Wildman–Crippen LogP) is 3.18. The van der Waals surface area contributed by atoms with Crippen LogP contribution in [0.4, 0.5) is 0 Å². The SMILES string of the molecule is CNCC[C@H](N)C(=O)N[C@H](COCc1ccc2ccccc2c1)C(=O)N1CCC(c2ccccc2)CC1. The van der Waals surface area contributed by atoms with Crippen LogP contribution < -0.4 is 16.4 Å². The molecule has 0 aliphatic carbocycles. The van der Waals surface area contributed by atoms with Crippen molar-refractivity contribution in [3.8, 4) is 0 Å². The largest absolute Gasteiger partial charge is 0.374 e. The minimum atomic E-state index is -0.776. The standard InChI is InChI=1S/C30H38N4O3/c1-32-16-13-27(31)29(35)33-28(21-37-20-22-11-12-24-9-5-6-10-26(24)19-22)30(36)34-17-14-25(15-18-34)23-7-3-2-4-8-23/h2-12,19,25,27-28,32H,13-18,20-21,31H2,1H3,(H,33,35)/t27-,28+/m0/s1. The van der Waals surface area contributed by atoms with Gasteiger partial charge >= 0.3 is 0 Å². The first-order valence-electron chi connectivity index (χ1n) is 13.1. The van der Waals surface area contributed by atoms with Crippen molar-refractivity contribution in [1.82, 2.24) is 15.5 Å². The molecule has 37 heavy (non-hydrogen) atoms. The number of fused-ring (bicyclic) bond motifs is 1. The molecule has 3 aromatic rings. The van der Waals surface area contributed by atoms with Crippen molar-refractivity contribution in [3.63, 3.8) is 0 Å². The van der Waals surface area contributed by atoms with E-state index in [9.17, 15) is 9.59 Å². The summed E-state index contributed by atoms with van der Waals surface area (Å²) in [6.45, 7) is 2.38. The monoisotopic (exact) mass is 502 g/mol. The van der Waals surface area contributed by atoms with E-state index in [0.717, 1.165) is 23.8 Å². The zero-order valence-electron chi connectivity index (χ0n) is 21.6. The number of nitrogens with zero attached hydrogens (tertiary/aromatic N) is 1. The Morgan fingerprint density at radius 1 is 1.00 bits per heavy atom. The molecule has 0 unspecified atom stereocenters. The Kier molecular flexibility index (Phi) is 9.65. The first-order valence-corrected chi connectivity index (χ1v) is 13.1. The number of likely N-dealkylation sites (tertiary alicyclic amines) is 1. The van der Waals surface area contributed by atoms with Gasteiger partial charge in [-0.1, -0.05) is 66.7 Å². The number of rotatable bonds is 11. The van der Waals surface area contributed by atoms with E-state index in [4.69, 9.17) is 10.5 Å². The quantitative estimate of drug-likeness (QED) is 0.374. The number of amides is 2. The fraction of sp³-hybridized carbons (Fsp3) is 0.400. The molecule has 3 aromatic carbocycles. The molecule has 0 aromatic heterocycles. The van der Waals surface area contributed by atoms with Crippen molar-refractivity contribution >= 4 is 22.6 Å². The van der Waals surface area contributed by atoms with Gasteiger partial charge in [0, 0.05) is 13.1 Å². The number of piperidine rings is 1. The fourth-order valence-corrected chi connectivity index (χ4v) is 4.89. The van der Waals surface area contributed by atoms with Crippen LogP contribution in [0.25, 0.3) is 10.8 Å². The lowest BCUT2D eigenvalue weighted by Gasteiger charge is -2.34. The normalized spacial score (nSPS) is 15.9. The summed E-state index contributed by atoms with van der Waals surface area (Å²) in [7, 11) is 1.82.